The van der Waals surface area contributed by atoms with Crippen LogP contribution in [0.2, 0.25) is 0 Å². The molecule has 1 aromatic carbocycles. The Morgan fingerprint density at radius 1 is 1.53 bits per heavy atom. The normalized spacial score (nSPS) is 12.3. The molecule has 0 amide bonds. The van der Waals surface area contributed by atoms with E-state index in [1.54, 1.807) is 24.7 Å². The van der Waals surface area contributed by atoms with Crippen LogP contribution in [-0.2, 0) is 6.54 Å². The summed E-state index contributed by atoms with van der Waals surface area (Å²) in [6.45, 7) is 2.54. The molecule has 2 N–H and O–H groups in total. The summed E-state index contributed by atoms with van der Waals surface area (Å²) in [7, 11) is 0. The molecule has 0 radical (unpaired) electrons. The molecular formula is C13H16N4O2. The maximum absolute atomic E-state index is 10.7. The van der Waals surface area contributed by atoms with Crippen LogP contribution in [0.3, 0.4) is 0 Å². The summed E-state index contributed by atoms with van der Waals surface area (Å²) in [5.41, 5.74) is 7.90. The van der Waals surface area contributed by atoms with Gasteiger partial charge in [0.15, 0.2) is 0 Å². The average Bonchev–Trinajstić information content (AvgIpc) is 2.86. The average molecular weight is 260 g/mol. The second-order valence-electron chi connectivity index (χ2n) is 4.39. The molecule has 0 unspecified atom stereocenters. The number of aromatic nitrogens is 2. The van der Waals surface area contributed by atoms with Crippen LogP contribution in [-0.4, -0.2) is 14.5 Å². The Labute approximate surface area is 111 Å². The highest BCUT2D eigenvalue weighted by atomic mass is 16.6. The maximum Gasteiger partial charge on any atom is 0.269 e. The lowest BCUT2D eigenvalue weighted by molar-refractivity contribution is -0.384. The predicted molar refractivity (Wildman–Crippen MR) is 71.6 cm³/mol. The van der Waals surface area contributed by atoms with Crippen LogP contribution in [0.5, 0.6) is 0 Å². The summed E-state index contributed by atoms with van der Waals surface area (Å²) < 4.78 is 1.92. The quantitative estimate of drug-likeness (QED) is 0.659. The van der Waals surface area contributed by atoms with Crippen LogP contribution in [0.25, 0.3) is 0 Å². The topological polar surface area (TPSA) is 87.0 Å². The number of hydrogen-bond donors (Lipinski definition) is 1. The van der Waals surface area contributed by atoms with Gasteiger partial charge in [0.25, 0.3) is 5.69 Å². The fourth-order valence-corrected chi connectivity index (χ4v) is 1.95. The summed E-state index contributed by atoms with van der Waals surface area (Å²) >= 11 is 0. The molecule has 0 aliphatic heterocycles. The minimum Gasteiger partial charge on any atom is -0.329 e. The van der Waals surface area contributed by atoms with E-state index in [9.17, 15) is 10.1 Å². The summed E-state index contributed by atoms with van der Waals surface area (Å²) in [6.07, 6.45) is 4.26. The number of imidazole rings is 1. The Morgan fingerprint density at radius 2 is 2.32 bits per heavy atom. The zero-order valence-electron chi connectivity index (χ0n) is 10.7. The molecule has 19 heavy (non-hydrogen) atoms. The predicted octanol–water partition coefficient (Wildman–Crippen LogP) is 2.25. The van der Waals surface area contributed by atoms with Crippen LogP contribution in [0, 0.1) is 10.1 Å². The molecule has 0 saturated carbocycles. The number of nitrogens with two attached hydrogens (primary N) is 1. The van der Waals surface area contributed by atoms with E-state index in [1.807, 2.05) is 17.6 Å². The summed E-state index contributed by atoms with van der Waals surface area (Å²) in [4.78, 5) is 14.4. The number of nitrogens with zero attached hydrogens (tertiary/aromatic N) is 3. The van der Waals surface area contributed by atoms with Crippen molar-refractivity contribution in [2.24, 2.45) is 5.73 Å². The van der Waals surface area contributed by atoms with Gasteiger partial charge in [-0.1, -0.05) is 19.1 Å². The zero-order chi connectivity index (χ0) is 13.8. The molecule has 0 bridgehead atoms. The van der Waals surface area contributed by atoms with Crippen LogP contribution in [0.4, 0.5) is 5.69 Å². The molecule has 6 heteroatoms. The van der Waals surface area contributed by atoms with Crippen molar-refractivity contribution in [1.29, 1.82) is 0 Å². The van der Waals surface area contributed by atoms with Gasteiger partial charge in [0.05, 0.1) is 16.9 Å². The molecular weight excluding hydrogens is 244 g/mol. The summed E-state index contributed by atoms with van der Waals surface area (Å²) in [5, 5.41) is 10.7. The van der Waals surface area contributed by atoms with Gasteiger partial charge in [-0.25, -0.2) is 4.98 Å². The number of nitro groups is 1. The van der Waals surface area contributed by atoms with Gasteiger partial charge in [0, 0.05) is 30.9 Å². The second kappa shape index (κ2) is 5.62. The van der Waals surface area contributed by atoms with E-state index < -0.39 is 4.92 Å². The van der Waals surface area contributed by atoms with Crippen molar-refractivity contribution in [2.75, 3.05) is 0 Å². The van der Waals surface area contributed by atoms with Crippen LogP contribution in [0.15, 0.2) is 36.8 Å². The molecule has 0 spiro atoms. The standard InChI is InChI=1S/C13H16N4O2/c1-2-12(14)13-7-15-9-16(13)8-10-4-3-5-11(6-10)17(18)19/h3-7,9,12H,2,8,14H2,1H3/t12-/m1/s1. The molecule has 1 heterocycles. The summed E-state index contributed by atoms with van der Waals surface area (Å²) in [5.74, 6) is 0. The fourth-order valence-electron chi connectivity index (χ4n) is 1.95. The third kappa shape index (κ3) is 2.97. The van der Waals surface area contributed by atoms with Gasteiger partial charge in [0.2, 0.25) is 0 Å². The van der Waals surface area contributed by atoms with Crippen LogP contribution in [0.1, 0.15) is 30.6 Å². The fraction of sp³-hybridized carbons (Fsp3) is 0.308. The molecule has 1 aromatic heterocycles. The van der Waals surface area contributed by atoms with Gasteiger partial charge < -0.3 is 10.3 Å². The van der Waals surface area contributed by atoms with Crippen LogP contribution < -0.4 is 5.73 Å². The maximum atomic E-state index is 10.7. The minimum absolute atomic E-state index is 0.0683. The highest BCUT2D eigenvalue weighted by Gasteiger charge is 2.11. The SMILES string of the molecule is CC[C@@H](N)c1cncn1Cc1cccc([N+](=O)[O-])c1. The van der Waals surface area contributed by atoms with Gasteiger partial charge in [-0.3, -0.25) is 10.1 Å². The molecule has 2 rings (SSSR count). The third-order valence-corrected chi connectivity index (χ3v) is 3.04. The first-order chi connectivity index (χ1) is 9.11. The van der Waals surface area contributed by atoms with Crippen molar-refractivity contribution in [3.8, 4) is 0 Å². The molecule has 2 aromatic rings. The van der Waals surface area contributed by atoms with Crippen molar-refractivity contribution in [3.05, 3.63) is 58.2 Å². The number of benzene rings is 1. The van der Waals surface area contributed by atoms with E-state index in [2.05, 4.69) is 4.98 Å². The van der Waals surface area contributed by atoms with Crippen molar-refractivity contribution < 1.29 is 4.92 Å². The highest BCUT2D eigenvalue weighted by molar-refractivity contribution is 5.34. The number of non-ortho nitro benzene ring substituents is 1. The van der Waals surface area contributed by atoms with Crippen molar-refractivity contribution in [3.63, 3.8) is 0 Å². The molecule has 0 aliphatic carbocycles. The van der Waals surface area contributed by atoms with E-state index >= 15 is 0 Å². The summed E-state index contributed by atoms with van der Waals surface area (Å²) in [6, 6.07) is 6.52. The largest absolute Gasteiger partial charge is 0.329 e. The van der Waals surface area contributed by atoms with Crippen molar-refractivity contribution in [1.82, 2.24) is 9.55 Å². The highest BCUT2D eigenvalue weighted by Crippen LogP contribution is 2.17. The smallest absolute Gasteiger partial charge is 0.269 e. The van der Waals surface area contributed by atoms with Crippen LogP contribution >= 0.6 is 0 Å². The number of hydrogen-bond acceptors (Lipinski definition) is 4. The van der Waals surface area contributed by atoms with Gasteiger partial charge in [-0.15, -0.1) is 0 Å². The van der Waals surface area contributed by atoms with E-state index in [0.29, 0.717) is 6.54 Å². The Hall–Kier alpha value is -2.21. The third-order valence-electron chi connectivity index (χ3n) is 3.04. The first-order valence-corrected chi connectivity index (χ1v) is 6.10. The first kappa shape index (κ1) is 13.2. The molecule has 0 fully saturated rings. The van der Waals surface area contributed by atoms with E-state index in [1.165, 1.54) is 6.07 Å². The number of rotatable bonds is 5. The second-order valence-corrected chi connectivity index (χ2v) is 4.39. The minimum atomic E-state index is -0.393. The first-order valence-electron chi connectivity index (χ1n) is 6.10. The van der Waals surface area contributed by atoms with Gasteiger partial charge in [-0.05, 0) is 12.0 Å². The van der Waals surface area contributed by atoms with E-state index in [-0.39, 0.29) is 11.7 Å². The lowest BCUT2D eigenvalue weighted by Crippen LogP contribution is -2.14. The molecule has 100 valence electrons. The number of nitro benzene ring substituents is 1. The van der Waals surface area contributed by atoms with Gasteiger partial charge >= 0.3 is 0 Å². The van der Waals surface area contributed by atoms with Crippen molar-refractivity contribution in [2.45, 2.75) is 25.9 Å². The Kier molecular flexibility index (Phi) is 3.91. The Balaban J connectivity index is 2.24. The zero-order valence-corrected chi connectivity index (χ0v) is 10.7. The molecule has 0 saturated heterocycles. The lowest BCUT2D eigenvalue weighted by Gasteiger charge is -2.12. The van der Waals surface area contributed by atoms with E-state index in [4.69, 9.17) is 5.73 Å². The Bertz CT molecular complexity index is 580. The van der Waals surface area contributed by atoms with E-state index in [0.717, 1.165) is 17.7 Å². The van der Waals surface area contributed by atoms with Crippen molar-refractivity contribution >= 4 is 5.69 Å². The molecule has 6 nitrogen and oxygen atoms in total. The molecule has 0 aliphatic rings. The monoisotopic (exact) mass is 260 g/mol. The van der Waals surface area contributed by atoms with Gasteiger partial charge in [-0.2, -0.15) is 0 Å². The molecule has 1 atom stereocenters. The lowest BCUT2D eigenvalue weighted by atomic mass is 10.1. The Morgan fingerprint density at radius 3 is 3.00 bits per heavy atom. The van der Waals surface area contributed by atoms with Gasteiger partial charge in [0.1, 0.15) is 0 Å².